The van der Waals surface area contributed by atoms with Crippen LogP contribution >= 0.6 is 24.0 Å². The molecule has 0 aliphatic carbocycles. The van der Waals surface area contributed by atoms with Crippen molar-refractivity contribution in [3.63, 3.8) is 0 Å². The quantitative estimate of drug-likeness (QED) is 0.296. The van der Waals surface area contributed by atoms with Gasteiger partial charge in [-0.25, -0.2) is 9.38 Å². The molecule has 5 nitrogen and oxygen atoms in total. The molecule has 2 aromatic rings. The summed E-state index contributed by atoms with van der Waals surface area (Å²) in [5, 5.41) is 16.1. The molecule has 7 heteroatoms. The highest BCUT2D eigenvalue weighted by Gasteiger charge is 2.11. The van der Waals surface area contributed by atoms with Gasteiger partial charge in [0.2, 0.25) is 0 Å². The molecule has 3 N–H and O–H groups in total. The Kier molecular flexibility index (Phi) is 10.8. The second kappa shape index (κ2) is 12.6. The van der Waals surface area contributed by atoms with Gasteiger partial charge in [0, 0.05) is 33.1 Å². The van der Waals surface area contributed by atoms with Crippen molar-refractivity contribution in [1.82, 2.24) is 10.6 Å². The molecule has 0 spiro atoms. The Hall–Kier alpha value is -1.87. The maximum atomic E-state index is 14.1. The first kappa shape index (κ1) is 24.2. The average Bonchev–Trinajstić information content (AvgIpc) is 2.67. The summed E-state index contributed by atoms with van der Waals surface area (Å²) in [5.74, 6) is 0.367. The van der Waals surface area contributed by atoms with Gasteiger partial charge in [-0.15, -0.1) is 24.0 Å². The van der Waals surface area contributed by atoms with Gasteiger partial charge in [-0.2, -0.15) is 0 Å². The van der Waals surface area contributed by atoms with Crippen LogP contribution in [-0.4, -0.2) is 44.9 Å². The first-order valence-corrected chi connectivity index (χ1v) is 9.18. The van der Waals surface area contributed by atoms with Gasteiger partial charge in [-0.05, 0) is 30.2 Å². The summed E-state index contributed by atoms with van der Waals surface area (Å²) < 4.78 is 14.1. The fraction of sp³-hybridized carbons (Fsp3) is 0.381. The summed E-state index contributed by atoms with van der Waals surface area (Å²) >= 11 is 0. The third-order valence-corrected chi connectivity index (χ3v) is 4.27. The molecule has 28 heavy (non-hydrogen) atoms. The minimum Gasteiger partial charge on any atom is -0.396 e. The second-order valence-corrected chi connectivity index (χ2v) is 6.55. The van der Waals surface area contributed by atoms with Crippen molar-refractivity contribution >= 4 is 35.6 Å². The molecular formula is C21H30FIN4O. The molecule has 2 rings (SSSR count). The highest BCUT2D eigenvalue weighted by Crippen LogP contribution is 2.18. The molecule has 2 aromatic carbocycles. The Bertz CT molecular complexity index is 740. The summed E-state index contributed by atoms with van der Waals surface area (Å²) in [6.07, 6.45) is 0. The normalized spacial score (nSPS) is 12.1. The lowest BCUT2D eigenvalue weighted by molar-refractivity contribution is 0.265. The van der Waals surface area contributed by atoms with Gasteiger partial charge in [0.15, 0.2) is 5.96 Å². The molecule has 0 saturated carbocycles. The predicted molar refractivity (Wildman–Crippen MR) is 125 cm³/mol. The van der Waals surface area contributed by atoms with Crippen LogP contribution in [0, 0.1) is 5.82 Å². The number of nitrogens with zero attached hydrogens (tertiary/aromatic N) is 2. The number of benzene rings is 2. The zero-order valence-electron chi connectivity index (χ0n) is 16.7. The lowest BCUT2D eigenvalue weighted by Gasteiger charge is -2.18. The molecule has 0 saturated heterocycles. The van der Waals surface area contributed by atoms with E-state index >= 15 is 0 Å². The smallest absolute Gasteiger partial charge is 0.191 e. The minimum absolute atomic E-state index is 0. The number of nitrogens with one attached hydrogen (secondary N) is 2. The van der Waals surface area contributed by atoms with Crippen molar-refractivity contribution in [3.05, 3.63) is 65.5 Å². The van der Waals surface area contributed by atoms with E-state index in [0.717, 1.165) is 17.7 Å². The van der Waals surface area contributed by atoms with E-state index in [1.807, 2.05) is 57.4 Å². The van der Waals surface area contributed by atoms with E-state index in [1.54, 1.807) is 11.0 Å². The minimum atomic E-state index is -0.255. The van der Waals surface area contributed by atoms with E-state index in [2.05, 4.69) is 15.6 Å². The number of aliphatic hydroxyl groups is 1. The number of anilines is 1. The Morgan fingerprint density at radius 1 is 1.14 bits per heavy atom. The van der Waals surface area contributed by atoms with Crippen molar-refractivity contribution in [3.8, 4) is 0 Å². The largest absolute Gasteiger partial charge is 0.396 e. The van der Waals surface area contributed by atoms with Crippen LogP contribution in [0.2, 0.25) is 0 Å². The third-order valence-electron chi connectivity index (χ3n) is 4.27. The first-order valence-electron chi connectivity index (χ1n) is 9.18. The molecule has 0 heterocycles. The zero-order chi connectivity index (χ0) is 19.6. The van der Waals surface area contributed by atoms with Crippen LogP contribution < -0.4 is 15.5 Å². The summed E-state index contributed by atoms with van der Waals surface area (Å²) in [6, 6.07) is 15.0. The topological polar surface area (TPSA) is 59.9 Å². The molecule has 0 fully saturated rings. The van der Waals surface area contributed by atoms with E-state index in [4.69, 9.17) is 0 Å². The van der Waals surface area contributed by atoms with Crippen LogP contribution in [0.3, 0.4) is 0 Å². The standard InChI is InChI=1S/C21H29FN4O.HI/c1-4-23-21(25-14-18(15-27)17-8-6-5-7-9-17)24-13-16-10-11-20(26(2)3)19(22)12-16;/h5-12,18,27H,4,13-15H2,1-3H3,(H2,23,24,25);1H. The van der Waals surface area contributed by atoms with Crippen LogP contribution in [0.4, 0.5) is 10.1 Å². The van der Waals surface area contributed by atoms with E-state index in [-0.39, 0.29) is 42.3 Å². The number of guanidine groups is 1. The number of hydrogen-bond donors (Lipinski definition) is 3. The van der Waals surface area contributed by atoms with Crippen LogP contribution in [0.1, 0.15) is 24.0 Å². The number of halogens is 2. The van der Waals surface area contributed by atoms with Gasteiger partial charge in [-0.3, -0.25) is 0 Å². The molecule has 154 valence electrons. The van der Waals surface area contributed by atoms with Crippen LogP contribution in [0.25, 0.3) is 0 Å². The predicted octanol–water partition coefficient (Wildman–Crippen LogP) is 3.34. The molecule has 1 unspecified atom stereocenters. The molecule has 0 radical (unpaired) electrons. The van der Waals surface area contributed by atoms with Crippen LogP contribution in [0.15, 0.2) is 53.5 Å². The van der Waals surface area contributed by atoms with Crippen molar-refractivity contribution in [2.24, 2.45) is 4.99 Å². The highest BCUT2D eigenvalue weighted by atomic mass is 127. The van der Waals surface area contributed by atoms with Crippen molar-refractivity contribution in [2.45, 2.75) is 19.4 Å². The molecule has 0 aliphatic heterocycles. The zero-order valence-corrected chi connectivity index (χ0v) is 19.0. The molecule has 0 bridgehead atoms. The van der Waals surface area contributed by atoms with Gasteiger partial charge in [-0.1, -0.05) is 36.4 Å². The average molecular weight is 500 g/mol. The van der Waals surface area contributed by atoms with Gasteiger partial charge >= 0.3 is 0 Å². The third kappa shape index (κ3) is 7.27. The monoisotopic (exact) mass is 500 g/mol. The maximum absolute atomic E-state index is 14.1. The van der Waals surface area contributed by atoms with Crippen molar-refractivity contribution < 1.29 is 9.50 Å². The lowest BCUT2D eigenvalue weighted by atomic mass is 10.0. The van der Waals surface area contributed by atoms with Gasteiger partial charge in [0.25, 0.3) is 0 Å². The molecule has 0 aliphatic rings. The summed E-state index contributed by atoms with van der Waals surface area (Å²) in [4.78, 5) is 6.27. The Morgan fingerprint density at radius 3 is 2.43 bits per heavy atom. The van der Waals surface area contributed by atoms with E-state index in [9.17, 15) is 9.50 Å². The van der Waals surface area contributed by atoms with Gasteiger partial charge in [0.1, 0.15) is 5.82 Å². The maximum Gasteiger partial charge on any atom is 0.191 e. The molecule has 0 aromatic heterocycles. The number of aliphatic imine (C=N–C) groups is 1. The lowest BCUT2D eigenvalue weighted by Crippen LogP contribution is -2.39. The van der Waals surface area contributed by atoms with Gasteiger partial charge < -0.3 is 20.6 Å². The second-order valence-electron chi connectivity index (χ2n) is 6.55. The highest BCUT2D eigenvalue weighted by molar-refractivity contribution is 14.0. The first-order chi connectivity index (χ1) is 13.0. The van der Waals surface area contributed by atoms with Crippen LogP contribution in [-0.2, 0) is 6.54 Å². The number of hydrogen-bond acceptors (Lipinski definition) is 3. The van der Waals surface area contributed by atoms with Gasteiger partial charge in [0.05, 0.1) is 18.8 Å². The van der Waals surface area contributed by atoms with Crippen molar-refractivity contribution in [2.75, 3.05) is 38.7 Å². The molecule has 0 amide bonds. The van der Waals surface area contributed by atoms with Crippen molar-refractivity contribution in [1.29, 1.82) is 0 Å². The molecule has 1 atom stereocenters. The fourth-order valence-electron chi connectivity index (χ4n) is 2.76. The number of aliphatic hydroxyl groups excluding tert-OH is 1. The SMILES string of the molecule is CCNC(=NCc1ccc(N(C)C)c(F)c1)NCC(CO)c1ccccc1.I. The fourth-order valence-corrected chi connectivity index (χ4v) is 2.76. The summed E-state index contributed by atoms with van der Waals surface area (Å²) in [6.45, 7) is 3.68. The Balaban J connectivity index is 0.00000392. The Labute approximate surface area is 184 Å². The van der Waals surface area contributed by atoms with E-state index in [1.165, 1.54) is 6.07 Å². The summed E-state index contributed by atoms with van der Waals surface area (Å²) in [5.41, 5.74) is 2.43. The summed E-state index contributed by atoms with van der Waals surface area (Å²) in [7, 11) is 3.63. The van der Waals surface area contributed by atoms with Crippen LogP contribution in [0.5, 0.6) is 0 Å². The van der Waals surface area contributed by atoms with E-state index < -0.39 is 0 Å². The number of rotatable bonds is 8. The van der Waals surface area contributed by atoms with E-state index in [0.29, 0.717) is 24.7 Å². The Morgan fingerprint density at radius 2 is 1.86 bits per heavy atom. The molecular weight excluding hydrogens is 470 g/mol.